The molecule has 0 unspecified atom stereocenters. The summed E-state index contributed by atoms with van der Waals surface area (Å²) in [7, 11) is 1.36. The molecule has 0 aromatic carbocycles. The molecule has 2 aliphatic rings. The third-order valence-corrected chi connectivity index (χ3v) is 4.55. The molecular formula is C23H38N2O7. The lowest BCUT2D eigenvalue weighted by Gasteiger charge is -2.30. The molecule has 0 spiro atoms. The van der Waals surface area contributed by atoms with Gasteiger partial charge in [0.1, 0.15) is 17.0 Å². The van der Waals surface area contributed by atoms with E-state index >= 15 is 0 Å². The lowest BCUT2D eigenvalue weighted by Crippen LogP contribution is -2.41. The van der Waals surface area contributed by atoms with Gasteiger partial charge in [0.2, 0.25) is 0 Å². The molecule has 0 radical (unpaired) electrons. The summed E-state index contributed by atoms with van der Waals surface area (Å²) in [4.78, 5) is 48.6. The highest BCUT2D eigenvalue weighted by molar-refractivity contribution is 5.83. The molecule has 2 saturated heterocycles. The minimum absolute atomic E-state index is 0.227. The van der Waals surface area contributed by atoms with Gasteiger partial charge in [-0.25, -0.2) is 14.4 Å². The molecule has 0 aromatic heterocycles. The summed E-state index contributed by atoms with van der Waals surface area (Å²) >= 11 is 0. The minimum Gasteiger partial charge on any atom is -0.466 e. The quantitative estimate of drug-likeness (QED) is 0.338. The molecule has 0 N–H and O–H groups in total. The van der Waals surface area contributed by atoms with Gasteiger partial charge in [0.25, 0.3) is 0 Å². The molecule has 0 saturated carbocycles. The SMILES string of the molecule is CC(C)(C)OC(=O)N1CCC(=O)CC1.COC(=O)C=C1CCN(C(=O)OC(C)(C)C)CC1. The van der Waals surface area contributed by atoms with E-state index in [0.717, 1.165) is 5.57 Å². The van der Waals surface area contributed by atoms with E-state index in [1.807, 2.05) is 41.5 Å². The molecular weight excluding hydrogens is 416 g/mol. The normalized spacial score (nSPS) is 17.1. The smallest absolute Gasteiger partial charge is 0.410 e. The van der Waals surface area contributed by atoms with Crippen molar-refractivity contribution in [1.29, 1.82) is 0 Å². The van der Waals surface area contributed by atoms with Crippen LogP contribution in [0.1, 0.15) is 67.2 Å². The van der Waals surface area contributed by atoms with Crippen LogP contribution in [0.4, 0.5) is 9.59 Å². The van der Waals surface area contributed by atoms with Crippen molar-refractivity contribution in [1.82, 2.24) is 9.80 Å². The number of ketones is 1. The third-order valence-electron chi connectivity index (χ3n) is 4.55. The van der Waals surface area contributed by atoms with Crippen LogP contribution in [-0.2, 0) is 23.8 Å². The number of hydrogen-bond donors (Lipinski definition) is 0. The predicted molar refractivity (Wildman–Crippen MR) is 119 cm³/mol. The average Bonchev–Trinajstić information content (AvgIpc) is 2.66. The van der Waals surface area contributed by atoms with Gasteiger partial charge in [-0.15, -0.1) is 0 Å². The van der Waals surface area contributed by atoms with Crippen LogP contribution in [0, 0.1) is 0 Å². The Kier molecular flexibility index (Phi) is 10.2. The molecule has 32 heavy (non-hydrogen) atoms. The van der Waals surface area contributed by atoms with Crippen molar-refractivity contribution >= 4 is 23.9 Å². The van der Waals surface area contributed by atoms with E-state index in [-0.39, 0.29) is 23.9 Å². The molecule has 182 valence electrons. The second-order valence-corrected chi connectivity index (χ2v) is 9.80. The highest BCUT2D eigenvalue weighted by Gasteiger charge is 2.26. The van der Waals surface area contributed by atoms with Crippen molar-refractivity contribution in [2.24, 2.45) is 0 Å². The number of ether oxygens (including phenoxy) is 3. The molecule has 0 atom stereocenters. The van der Waals surface area contributed by atoms with Gasteiger partial charge >= 0.3 is 18.2 Å². The standard InChI is InChI=1S/C13H21NO4.C10H17NO3/c1-13(2,3)18-12(16)14-7-5-10(6-8-14)9-11(15)17-4;1-10(2,3)14-9(13)11-6-4-8(12)5-7-11/h9H,5-8H2,1-4H3;4-7H2,1-3H3. The first-order valence-electron chi connectivity index (χ1n) is 10.9. The van der Waals surface area contributed by atoms with Crippen LogP contribution in [0.5, 0.6) is 0 Å². The molecule has 2 amide bonds. The Bertz CT molecular complexity index is 697. The Morgan fingerprint density at radius 2 is 1.12 bits per heavy atom. The number of rotatable bonds is 1. The van der Waals surface area contributed by atoms with Crippen molar-refractivity contribution in [3.8, 4) is 0 Å². The summed E-state index contributed by atoms with van der Waals surface area (Å²) in [5.41, 5.74) is 0.0826. The summed E-state index contributed by atoms with van der Waals surface area (Å²) in [6.45, 7) is 13.2. The largest absolute Gasteiger partial charge is 0.466 e. The second-order valence-electron chi connectivity index (χ2n) is 9.80. The van der Waals surface area contributed by atoms with Gasteiger partial charge in [-0.05, 0) is 54.4 Å². The summed E-state index contributed by atoms with van der Waals surface area (Å²) in [6, 6.07) is 0. The molecule has 2 heterocycles. The van der Waals surface area contributed by atoms with E-state index < -0.39 is 11.2 Å². The van der Waals surface area contributed by atoms with E-state index in [9.17, 15) is 19.2 Å². The minimum atomic E-state index is -0.473. The number of Topliss-reactive ketones (excluding diaryl/α,β-unsaturated/α-hetero) is 1. The van der Waals surface area contributed by atoms with Crippen LogP contribution in [0.3, 0.4) is 0 Å². The Morgan fingerprint density at radius 3 is 1.47 bits per heavy atom. The molecule has 0 aromatic rings. The van der Waals surface area contributed by atoms with E-state index in [0.29, 0.717) is 51.9 Å². The van der Waals surface area contributed by atoms with Crippen LogP contribution >= 0.6 is 0 Å². The van der Waals surface area contributed by atoms with Gasteiger partial charge < -0.3 is 24.0 Å². The van der Waals surface area contributed by atoms with E-state index in [1.165, 1.54) is 13.2 Å². The number of hydrogen-bond acceptors (Lipinski definition) is 7. The Balaban J connectivity index is 0.000000330. The number of carbonyl (C=O) groups excluding carboxylic acids is 4. The van der Waals surface area contributed by atoms with Gasteiger partial charge in [0, 0.05) is 45.1 Å². The van der Waals surface area contributed by atoms with E-state index in [4.69, 9.17) is 9.47 Å². The maximum absolute atomic E-state index is 11.8. The van der Waals surface area contributed by atoms with Crippen LogP contribution in [-0.4, -0.2) is 78.2 Å². The number of amides is 2. The molecule has 0 aliphatic carbocycles. The number of methoxy groups -OCH3 is 1. The summed E-state index contributed by atoms with van der Waals surface area (Å²) in [6.07, 6.45) is 3.19. The number of piperidine rings is 2. The zero-order chi connectivity index (χ0) is 24.5. The van der Waals surface area contributed by atoms with Crippen LogP contribution in [0.15, 0.2) is 11.6 Å². The zero-order valence-corrected chi connectivity index (χ0v) is 20.5. The molecule has 9 nitrogen and oxygen atoms in total. The zero-order valence-electron chi connectivity index (χ0n) is 20.5. The Hall–Kier alpha value is -2.58. The topological polar surface area (TPSA) is 102 Å². The Labute approximate surface area is 191 Å². The first-order chi connectivity index (χ1) is 14.7. The monoisotopic (exact) mass is 454 g/mol. The number of nitrogens with zero attached hydrogens (tertiary/aromatic N) is 2. The molecule has 9 heteroatoms. The summed E-state index contributed by atoms with van der Waals surface area (Å²) in [5, 5.41) is 0. The molecule has 0 bridgehead atoms. The van der Waals surface area contributed by atoms with Crippen molar-refractivity contribution in [2.45, 2.75) is 78.4 Å². The fourth-order valence-corrected chi connectivity index (χ4v) is 2.94. The molecule has 2 aliphatic heterocycles. The van der Waals surface area contributed by atoms with E-state index in [1.54, 1.807) is 9.80 Å². The molecule has 2 fully saturated rings. The van der Waals surface area contributed by atoms with Gasteiger partial charge in [-0.1, -0.05) is 5.57 Å². The van der Waals surface area contributed by atoms with Crippen molar-refractivity contribution < 1.29 is 33.4 Å². The van der Waals surface area contributed by atoms with Gasteiger partial charge in [-0.3, -0.25) is 4.79 Å². The first-order valence-corrected chi connectivity index (χ1v) is 10.9. The predicted octanol–water partition coefficient (Wildman–Crippen LogP) is 3.70. The summed E-state index contributed by atoms with van der Waals surface area (Å²) < 4.78 is 15.1. The number of likely N-dealkylation sites (tertiary alicyclic amines) is 2. The van der Waals surface area contributed by atoms with Crippen molar-refractivity contribution in [3.05, 3.63) is 11.6 Å². The van der Waals surface area contributed by atoms with Crippen LogP contribution < -0.4 is 0 Å². The van der Waals surface area contributed by atoms with Gasteiger partial charge in [0.15, 0.2) is 0 Å². The van der Waals surface area contributed by atoms with Gasteiger partial charge in [0.05, 0.1) is 7.11 Å². The van der Waals surface area contributed by atoms with Crippen LogP contribution in [0.2, 0.25) is 0 Å². The fraction of sp³-hybridized carbons (Fsp3) is 0.739. The fourth-order valence-electron chi connectivity index (χ4n) is 2.94. The lowest BCUT2D eigenvalue weighted by molar-refractivity contribution is -0.135. The lowest BCUT2D eigenvalue weighted by atomic mass is 10.0. The van der Waals surface area contributed by atoms with Crippen LogP contribution in [0.25, 0.3) is 0 Å². The van der Waals surface area contributed by atoms with E-state index in [2.05, 4.69) is 4.74 Å². The number of esters is 1. The van der Waals surface area contributed by atoms with Crippen molar-refractivity contribution in [3.63, 3.8) is 0 Å². The molecule has 2 rings (SSSR count). The first kappa shape index (κ1) is 27.5. The summed E-state index contributed by atoms with van der Waals surface area (Å²) in [5.74, 6) is -0.111. The maximum Gasteiger partial charge on any atom is 0.410 e. The van der Waals surface area contributed by atoms with Gasteiger partial charge in [-0.2, -0.15) is 0 Å². The highest BCUT2D eigenvalue weighted by Crippen LogP contribution is 2.19. The Morgan fingerprint density at radius 1 is 0.750 bits per heavy atom. The second kappa shape index (κ2) is 11.9. The average molecular weight is 455 g/mol. The highest BCUT2D eigenvalue weighted by atomic mass is 16.6. The number of carbonyl (C=O) groups is 4. The third kappa shape index (κ3) is 11.2. The maximum atomic E-state index is 11.8. The van der Waals surface area contributed by atoms with Crippen molar-refractivity contribution in [2.75, 3.05) is 33.3 Å².